The number of benzene rings is 2. The largest absolute Gasteiger partial charge is 0.508 e. The number of aromatic hydroxyl groups is 2. The molecule has 0 aliphatic rings. The molecule has 41 heavy (non-hydrogen) atoms. The Morgan fingerprint density at radius 2 is 0.951 bits per heavy atom. The molecular formula is C37H48O4. The first-order chi connectivity index (χ1) is 19.2. The number of aliphatic hydroxyl groups is 2. The Hall–Kier alpha value is -3.92. The van der Waals surface area contributed by atoms with Gasteiger partial charge < -0.3 is 20.4 Å². The van der Waals surface area contributed by atoms with Gasteiger partial charge in [0.25, 0.3) is 0 Å². The summed E-state index contributed by atoms with van der Waals surface area (Å²) in [4.78, 5) is 0. The average molecular weight is 557 g/mol. The molecule has 0 spiro atoms. The summed E-state index contributed by atoms with van der Waals surface area (Å²) in [6, 6.07) is 8.24. The molecule has 0 saturated carbocycles. The molecule has 0 aliphatic carbocycles. The zero-order valence-corrected chi connectivity index (χ0v) is 26.2. The van der Waals surface area contributed by atoms with Gasteiger partial charge in [-0.25, -0.2) is 0 Å². The average Bonchev–Trinajstić information content (AvgIpc) is 2.93. The molecule has 0 saturated heterocycles. The topological polar surface area (TPSA) is 80.9 Å². The first-order valence-electron chi connectivity index (χ1n) is 14.2. The molecule has 2 aromatic rings. The number of rotatable bonds is 12. The summed E-state index contributed by atoms with van der Waals surface area (Å²) < 4.78 is 0. The molecule has 0 unspecified atom stereocenters. The van der Waals surface area contributed by atoms with Crippen LogP contribution in [0.2, 0.25) is 0 Å². The van der Waals surface area contributed by atoms with Gasteiger partial charge in [0.15, 0.2) is 0 Å². The third-order valence-corrected chi connectivity index (χ3v) is 8.03. The summed E-state index contributed by atoms with van der Waals surface area (Å²) in [6.07, 6.45) is 9.91. The number of phenolic OH excluding ortho intramolecular Hbond substituents is 2. The van der Waals surface area contributed by atoms with Crippen LogP contribution in [0.5, 0.6) is 11.5 Å². The van der Waals surface area contributed by atoms with E-state index in [2.05, 4.69) is 37.4 Å². The first-order valence-corrected chi connectivity index (χ1v) is 14.2. The molecule has 4 heteroatoms. The molecule has 0 atom stereocenters. The van der Waals surface area contributed by atoms with E-state index in [9.17, 15) is 20.4 Å². The highest BCUT2D eigenvalue weighted by Gasteiger charge is 2.35. The van der Waals surface area contributed by atoms with Crippen LogP contribution < -0.4 is 0 Å². The van der Waals surface area contributed by atoms with Crippen LogP contribution in [0.1, 0.15) is 86.8 Å². The van der Waals surface area contributed by atoms with Crippen LogP contribution in [0.25, 0.3) is 0 Å². The second-order valence-corrected chi connectivity index (χ2v) is 11.3. The molecule has 0 amide bonds. The van der Waals surface area contributed by atoms with Gasteiger partial charge in [-0.1, -0.05) is 60.7 Å². The predicted molar refractivity (Wildman–Crippen MR) is 173 cm³/mol. The van der Waals surface area contributed by atoms with E-state index in [0.717, 1.165) is 55.7 Å². The van der Waals surface area contributed by atoms with Crippen molar-refractivity contribution in [1.82, 2.24) is 0 Å². The molecule has 0 bridgehead atoms. The molecule has 0 aromatic heterocycles. The van der Waals surface area contributed by atoms with Gasteiger partial charge in [0.05, 0.1) is 0 Å². The van der Waals surface area contributed by atoms with Crippen molar-refractivity contribution in [1.29, 1.82) is 0 Å². The van der Waals surface area contributed by atoms with Crippen LogP contribution in [-0.4, -0.2) is 20.4 Å². The summed E-state index contributed by atoms with van der Waals surface area (Å²) in [7, 11) is 0. The highest BCUT2D eigenvalue weighted by molar-refractivity contribution is 5.52. The van der Waals surface area contributed by atoms with E-state index in [1.54, 1.807) is 26.0 Å². The van der Waals surface area contributed by atoms with E-state index in [-0.39, 0.29) is 23.0 Å². The Kier molecular flexibility index (Phi) is 11.5. The number of aryl methyl sites for hydroxylation is 4. The fraction of sp³-hybridized carbons (Fsp3) is 0.351. The number of hydrogen-bond donors (Lipinski definition) is 4. The van der Waals surface area contributed by atoms with E-state index < -0.39 is 5.41 Å². The molecule has 4 N–H and O–H groups in total. The molecule has 0 heterocycles. The monoisotopic (exact) mass is 556 g/mol. The van der Waals surface area contributed by atoms with E-state index >= 15 is 0 Å². The Morgan fingerprint density at radius 1 is 0.659 bits per heavy atom. The lowest BCUT2D eigenvalue weighted by atomic mass is 9.66. The Bertz CT molecular complexity index is 1270. The highest BCUT2D eigenvalue weighted by Crippen LogP contribution is 2.46. The summed E-state index contributed by atoms with van der Waals surface area (Å²) in [5, 5.41) is 41.6. The minimum Gasteiger partial charge on any atom is -0.508 e. The molecule has 4 nitrogen and oxygen atoms in total. The molecule has 220 valence electrons. The van der Waals surface area contributed by atoms with Gasteiger partial charge >= 0.3 is 0 Å². The predicted octanol–water partition coefficient (Wildman–Crippen LogP) is 10.1. The minimum absolute atomic E-state index is 0.231. The molecule has 2 rings (SSSR count). The Labute approximate surface area is 247 Å². The van der Waals surface area contributed by atoms with E-state index in [0.29, 0.717) is 25.7 Å². The SMILES string of the molecule is C=C(/C=C(C)\C(O)=C\C)CCC(CCC(=C)/C=C(C)\C(O)=C\C)(c1cc(C)c(O)c(C)c1)c1cc(C)c(O)c(C)c1. The summed E-state index contributed by atoms with van der Waals surface area (Å²) >= 11 is 0. The van der Waals surface area contributed by atoms with Gasteiger partial charge in [-0.2, -0.15) is 0 Å². The van der Waals surface area contributed by atoms with Gasteiger partial charge in [0, 0.05) is 5.41 Å². The van der Waals surface area contributed by atoms with Gasteiger partial charge in [-0.3, -0.25) is 0 Å². The van der Waals surface area contributed by atoms with Crippen molar-refractivity contribution in [2.45, 2.75) is 86.5 Å². The lowest BCUT2D eigenvalue weighted by molar-refractivity contribution is 0.421. The maximum absolute atomic E-state index is 10.6. The third kappa shape index (κ3) is 8.07. The molecule has 0 aliphatic heterocycles. The van der Waals surface area contributed by atoms with Gasteiger partial charge in [0.2, 0.25) is 0 Å². The van der Waals surface area contributed by atoms with Crippen molar-refractivity contribution in [2.24, 2.45) is 0 Å². The number of aliphatic hydroxyl groups excluding tert-OH is 2. The van der Waals surface area contributed by atoms with Crippen LogP contribution in [0.3, 0.4) is 0 Å². The van der Waals surface area contributed by atoms with Gasteiger partial charge in [-0.15, -0.1) is 0 Å². The second-order valence-electron chi connectivity index (χ2n) is 11.3. The van der Waals surface area contributed by atoms with Crippen molar-refractivity contribution < 1.29 is 20.4 Å². The van der Waals surface area contributed by atoms with E-state index in [4.69, 9.17) is 0 Å². The summed E-state index contributed by atoms with van der Waals surface area (Å²) in [5.74, 6) is 1.04. The smallest absolute Gasteiger partial charge is 0.121 e. The molecular weight excluding hydrogens is 508 g/mol. The van der Waals surface area contributed by atoms with E-state index in [1.165, 1.54) is 0 Å². The second kappa shape index (κ2) is 14.1. The molecule has 0 radical (unpaired) electrons. The fourth-order valence-electron chi connectivity index (χ4n) is 5.44. The molecule has 0 fully saturated rings. The van der Waals surface area contributed by atoms with Gasteiger partial charge in [-0.05, 0) is 138 Å². The minimum atomic E-state index is -0.507. The van der Waals surface area contributed by atoms with Gasteiger partial charge in [0.1, 0.15) is 23.0 Å². The fourth-order valence-corrected chi connectivity index (χ4v) is 5.44. The van der Waals surface area contributed by atoms with Crippen LogP contribution >= 0.6 is 0 Å². The maximum Gasteiger partial charge on any atom is 0.121 e. The number of hydrogen-bond acceptors (Lipinski definition) is 4. The van der Waals surface area contributed by atoms with Crippen LogP contribution in [0.4, 0.5) is 0 Å². The zero-order valence-electron chi connectivity index (χ0n) is 26.2. The maximum atomic E-state index is 10.6. The Morgan fingerprint density at radius 3 is 1.22 bits per heavy atom. The first kappa shape index (κ1) is 33.3. The van der Waals surface area contributed by atoms with Crippen molar-refractivity contribution in [2.75, 3.05) is 0 Å². The zero-order chi connectivity index (χ0) is 31.1. The van der Waals surface area contributed by atoms with E-state index in [1.807, 2.05) is 53.7 Å². The number of allylic oxidation sites excluding steroid dienone is 8. The third-order valence-electron chi connectivity index (χ3n) is 8.03. The lowest BCUT2D eigenvalue weighted by Gasteiger charge is -2.37. The van der Waals surface area contributed by atoms with Crippen molar-refractivity contribution in [3.8, 4) is 11.5 Å². The lowest BCUT2D eigenvalue weighted by Crippen LogP contribution is -2.29. The molecule has 2 aromatic carbocycles. The van der Waals surface area contributed by atoms with Crippen LogP contribution in [0, 0.1) is 27.7 Å². The van der Waals surface area contributed by atoms with Crippen molar-refractivity contribution in [3.63, 3.8) is 0 Å². The quantitative estimate of drug-likeness (QED) is 0.155. The van der Waals surface area contributed by atoms with Crippen LogP contribution in [-0.2, 0) is 5.41 Å². The van der Waals surface area contributed by atoms with Crippen molar-refractivity contribution in [3.05, 3.63) is 129 Å². The summed E-state index contributed by atoms with van der Waals surface area (Å²) in [6.45, 7) is 23.6. The number of phenols is 2. The van der Waals surface area contributed by atoms with Crippen LogP contribution in [0.15, 0.2) is 95.5 Å². The standard InChI is InChI=1S/C37H48O4/c1-11-33(38)25(5)17-23(3)13-15-37(31-19-27(7)35(40)28(8)20-31,32-21-29(9)36(41)30(10)22-32)16-14-24(4)18-26(6)34(39)12-2/h11-12,17-22,38-41H,3-4,13-16H2,1-2,5-10H3/b25-17-,26-18-,33-11-,34-12-. The Balaban J connectivity index is 2.77. The van der Waals surface area contributed by atoms with Crippen molar-refractivity contribution >= 4 is 0 Å². The normalized spacial score (nSPS) is 13.5. The highest BCUT2D eigenvalue weighted by atomic mass is 16.3. The summed E-state index contributed by atoms with van der Waals surface area (Å²) in [5.41, 5.74) is 8.16.